The molecule has 0 amide bonds. The Morgan fingerprint density at radius 3 is 2.81 bits per heavy atom. The highest BCUT2D eigenvalue weighted by Crippen LogP contribution is 2.36. The van der Waals surface area contributed by atoms with Gasteiger partial charge < -0.3 is 14.8 Å². The van der Waals surface area contributed by atoms with Gasteiger partial charge in [-0.2, -0.15) is 0 Å². The molecule has 1 fully saturated rings. The molecule has 1 N–H and O–H groups in total. The van der Waals surface area contributed by atoms with E-state index in [1.807, 2.05) is 19.1 Å². The molecule has 1 aliphatic rings. The Morgan fingerprint density at radius 2 is 2.19 bits per heavy atom. The molecule has 2 rings (SSSR count). The number of hydrogen-bond donors (Lipinski definition) is 1. The summed E-state index contributed by atoms with van der Waals surface area (Å²) in [5.74, 6) is 1.34. The van der Waals surface area contributed by atoms with Crippen molar-refractivity contribution in [3.63, 3.8) is 0 Å². The first kappa shape index (κ1) is 18.4. The summed E-state index contributed by atoms with van der Waals surface area (Å²) in [5.41, 5.74) is 1.16. The van der Waals surface area contributed by atoms with Crippen molar-refractivity contribution in [1.82, 2.24) is 10.2 Å². The third-order valence-electron chi connectivity index (χ3n) is 3.43. The van der Waals surface area contributed by atoms with Crippen molar-refractivity contribution in [3.8, 4) is 11.5 Å². The van der Waals surface area contributed by atoms with Crippen molar-refractivity contribution in [2.75, 3.05) is 33.4 Å². The first-order valence-electron chi connectivity index (χ1n) is 7.09. The number of piperazine rings is 1. The molecule has 0 radical (unpaired) electrons. The number of methoxy groups -OCH3 is 1. The summed E-state index contributed by atoms with van der Waals surface area (Å²) < 4.78 is 10.9. The van der Waals surface area contributed by atoms with Gasteiger partial charge in [-0.1, -0.05) is 11.6 Å². The zero-order chi connectivity index (χ0) is 14.5. The van der Waals surface area contributed by atoms with Crippen molar-refractivity contribution in [2.45, 2.75) is 26.4 Å². The molecule has 1 saturated heterocycles. The summed E-state index contributed by atoms with van der Waals surface area (Å²) in [6.45, 7) is 8.78. The number of hydrogen-bond acceptors (Lipinski definition) is 4. The van der Waals surface area contributed by atoms with Crippen LogP contribution >= 0.6 is 24.0 Å². The third kappa shape index (κ3) is 4.92. The Balaban J connectivity index is 0.00000220. The van der Waals surface area contributed by atoms with E-state index in [1.165, 1.54) is 0 Å². The smallest absolute Gasteiger partial charge is 0.179 e. The number of benzene rings is 1. The van der Waals surface area contributed by atoms with Gasteiger partial charge in [-0.3, -0.25) is 4.90 Å². The minimum absolute atomic E-state index is 0. The summed E-state index contributed by atoms with van der Waals surface area (Å²) in [6.07, 6.45) is 0. The maximum atomic E-state index is 6.28. The van der Waals surface area contributed by atoms with Crippen LogP contribution in [0.5, 0.6) is 11.5 Å². The third-order valence-corrected chi connectivity index (χ3v) is 3.71. The minimum Gasteiger partial charge on any atom is -0.491 e. The van der Waals surface area contributed by atoms with Crippen molar-refractivity contribution in [3.05, 3.63) is 22.7 Å². The quantitative estimate of drug-likeness (QED) is 0.897. The Bertz CT molecular complexity index is 458. The molecule has 21 heavy (non-hydrogen) atoms. The van der Waals surface area contributed by atoms with Gasteiger partial charge in [-0.05, 0) is 31.5 Å². The molecule has 1 atom stereocenters. The van der Waals surface area contributed by atoms with Crippen molar-refractivity contribution in [1.29, 1.82) is 0 Å². The van der Waals surface area contributed by atoms with Crippen LogP contribution in [0.1, 0.15) is 19.4 Å². The zero-order valence-corrected chi connectivity index (χ0v) is 14.4. The molecule has 0 saturated carbocycles. The summed E-state index contributed by atoms with van der Waals surface area (Å²) in [7, 11) is 1.61. The van der Waals surface area contributed by atoms with Gasteiger partial charge in [0.15, 0.2) is 11.5 Å². The molecule has 1 heterocycles. The Morgan fingerprint density at radius 1 is 1.43 bits per heavy atom. The van der Waals surface area contributed by atoms with Crippen LogP contribution < -0.4 is 14.8 Å². The summed E-state index contributed by atoms with van der Waals surface area (Å²) in [4.78, 5) is 2.43. The molecule has 0 spiro atoms. The van der Waals surface area contributed by atoms with E-state index in [1.54, 1.807) is 7.11 Å². The number of halogens is 2. The van der Waals surface area contributed by atoms with Crippen LogP contribution in [-0.2, 0) is 6.54 Å². The van der Waals surface area contributed by atoms with Crippen LogP contribution in [0.15, 0.2) is 12.1 Å². The van der Waals surface area contributed by atoms with Crippen LogP contribution in [-0.4, -0.2) is 44.3 Å². The standard InChI is InChI=1S/C15H23ClN2O2.ClH/c1-4-20-14-8-12(7-13(16)15(14)19-3)10-18-6-5-17-11(2)9-18;/h7-8,11,17H,4-6,9-10H2,1-3H3;1H/t11-;/m0./s1. The maximum Gasteiger partial charge on any atom is 0.179 e. The number of ether oxygens (including phenoxy) is 2. The van der Waals surface area contributed by atoms with Crippen LogP contribution in [0.4, 0.5) is 0 Å². The van der Waals surface area contributed by atoms with E-state index in [0.29, 0.717) is 23.4 Å². The van der Waals surface area contributed by atoms with Gasteiger partial charge in [-0.15, -0.1) is 12.4 Å². The Labute approximate surface area is 138 Å². The molecule has 1 aromatic carbocycles. The van der Waals surface area contributed by atoms with E-state index >= 15 is 0 Å². The van der Waals surface area contributed by atoms with E-state index in [2.05, 4.69) is 17.1 Å². The maximum absolute atomic E-state index is 6.28. The fraction of sp³-hybridized carbons (Fsp3) is 0.600. The van der Waals surface area contributed by atoms with E-state index in [4.69, 9.17) is 21.1 Å². The molecule has 0 unspecified atom stereocenters. The molecular formula is C15H24Cl2N2O2. The topological polar surface area (TPSA) is 33.7 Å². The van der Waals surface area contributed by atoms with Gasteiger partial charge in [0, 0.05) is 32.2 Å². The number of nitrogens with zero attached hydrogens (tertiary/aromatic N) is 1. The predicted octanol–water partition coefficient (Wildman–Crippen LogP) is 2.96. The van der Waals surface area contributed by atoms with Gasteiger partial charge in [-0.25, -0.2) is 0 Å². The van der Waals surface area contributed by atoms with E-state index in [-0.39, 0.29) is 12.4 Å². The lowest BCUT2D eigenvalue weighted by Crippen LogP contribution is -2.48. The highest BCUT2D eigenvalue weighted by atomic mass is 35.5. The summed E-state index contributed by atoms with van der Waals surface area (Å²) in [6, 6.07) is 4.53. The minimum atomic E-state index is 0. The Kier molecular flexibility index (Phi) is 7.60. The molecule has 0 aliphatic carbocycles. The fourth-order valence-corrected chi connectivity index (χ4v) is 2.90. The average molecular weight is 335 g/mol. The SMILES string of the molecule is CCOc1cc(CN2CCN[C@@H](C)C2)cc(Cl)c1OC.Cl. The monoisotopic (exact) mass is 334 g/mol. The van der Waals surface area contributed by atoms with Crippen molar-refractivity contribution in [2.24, 2.45) is 0 Å². The number of nitrogens with one attached hydrogen (secondary N) is 1. The molecule has 0 bridgehead atoms. The van der Waals surface area contributed by atoms with Crippen LogP contribution in [0.2, 0.25) is 5.02 Å². The predicted molar refractivity (Wildman–Crippen MR) is 89.2 cm³/mol. The van der Waals surface area contributed by atoms with E-state index in [0.717, 1.165) is 37.5 Å². The number of rotatable bonds is 5. The van der Waals surface area contributed by atoms with Crippen LogP contribution in [0.3, 0.4) is 0 Å². The molecule has 6 heteroatoms. The second-order valence-corrected chi connectivity index (χ2v) is 5.54. The van der Waals surface area contributed by atoms with Crippen molar-refractivity contribution >= 4 is 24.0 Å². The fourth-order valence-electron chi connectivity index (χ4n) is 2.59. The van der Waals surface area contributed by atoms with Gasteiger partial charge in [0.05, 0.1) is 18.7 Å². The van der Waals surface area contributed by atoms with Gasteiger partial charge >= 0.3 is 0 Å². The van der Waals surface area contributed by atoms with Gasteiger partial charge in [0.2, 0.25) is 0 Å². The molecule has 0 aromatic heterocycles. The van der Waals surface area contributed by atoms with E-state index < -0.39 is 0 Å². The molecule has 1 aromatic rings. The van der Waals surface area contributed by atoms with Crippen LogP contribution in [0, 0.1) is 0 Å². The second kappa shape index (κ2) is 8.69. The molecule has 1 aliphatic heterocycles. The lowest BCUT2D eigenvalue weighted by molar-refractivity contribution is 0.199. The van der Waals surface area contributed by atoms with Crippen molar-refractivity contribution < 1.29 is 9.47 Å². The highest BCUT2D eigenvalue weighted by Gasteiger charge is 2.17. The average Bonchev–Trinajstić information content (AvgIpc) is 2.39. The summed E-state index contributed by atoms with van der Waals surface area (Å²) >= 11 is 6.28. The summed E-state index contributed by atoms with van der Waals surface area (Å²) in [5, 5.41) is 4.05. The lowest BCUT2D eigenvalue weighted by Gasteiger charge is -2.32. The zero-order valence-electron chi connectivity index (χ0n) is 12.8. The first-order chi connectivity index (χ1) is 9.63. The Hall–Kier alpha value is -0.680. The highest BCUT2D eigenvalue weighted by molar-refractivity contribution is 6.32. The molecule has 120 valence electrons. The molecule has 4 nitrogen and oxygen atoms in total. The van der Waals surface area contributed by atoms with Gasteiger partial charge in [0.1, 0.15) is 0 Å². The van der Waals surface area contributed by atoms with E-state index in [9.17, 15) is 0 Å². The lowest BCUT2D eigenvalue weighted by atomic mass is 10.1. The normalized spacial score (nSPS) is 19.0. The van der Waals surface area contributed by atoms with Gasteiger partial charge in [0.25, 0.3) is 0 Å². The first-order valence-corrected chi connectivity index (χ1v) is 7.46. The van der Waals surface area contributed by atoms with Crippen LogP contribution in [0.25, 0.3) is 0 Å². The second-order valence-electron chi connectivity index (χ2n) is 5.13. The molecular weight excluding hydrogens is 311 g/mol. The largest absolute Gasteiger partial charge is 0.491 e.